The molecule has 1 N–H and O–H groups in total. The van der Waals surface area contributed by atoms with E-state index in [1.807, 2.05) is 4.90 Å². The van der Waals surface area contributed by atoms with Crippen molar-refractivity contribution in [2.75, 3.05) is 19.6 Å². The van der Waals surface area contributed by atoms with Crippen LogP contribution < -0.4 is 5.32 Å². The second-order valence-corrected chi connectivity index (χ2v) is 5.04. The van der Waals surface area contributed by atoms with Gasteiger partial charge in [-0.2, -0.15) is 0 Å². The van der Waals surface area contributed by atoms with Gasteiger partial charge in [-0.1, -0.05) is 19.1 Å². The van der Waals surface area contributed by atoms with E-state index < -0.39 is 0 Å². The molecule has 0 spiro atoms. The third-order valence-electron chi connectivity index (χ3n) is 3.53. The molecule has 1 heterocycles. The lowest BCUT2D eigenvalue weighted by Gasteiger charge is -2.28. The van der Waals surface area contributed by atoms with Gasteiger partial charge in [0, 0.05) is 19.1 Å². The maximum Gasteiger partial charge on any atom is 0.227 e. The van der Waals surface area contributed by atoms with Gasteiger partial charge >= 0.3 is 0 Å². The van der Waals surface area contributed by atoms with Crippen LogP contribution >= 0.6 is 12.4 Å². The van der Waals surface area contributed by atoms with E-state index in [-0.39, 0.29) is 24.1 Å². The molecule has 0 radical (unpaired) electrons. The number of hydrogen-bond donors (Lipinski definition) is 1. The molecule has 0 aliphatic carbocycles. The van der Waals surface area contributed by atoms with Crippen molar-refractivity contribution in [3.63, 3.8) is 0 Å². The van der Waals surface area contributed by atoms with Gasteiger partial charge in [0.05, 0.1) is 6.42 Å². The Bertz CT molecular complexity index is 418. The van der Waals surface area contributed by atoms with Crippen molar-refractivity contribution < 1.29 is 9.18 Å². The van der Waals surface area contributed by atoms with Crippen molar-refractivity contribution in [3.05, 3.63) is 35.6 Å². The number of carbonyl (C=O) groups excluding carboxylic acids is 1. The maximum absolute atomic E-state index is 12.8. The number of hydrogen-bond acceptors (Lipinski definition) is 2. The zero-order valence-corrected chi connectivity index (χ0v) is 12.6. The third kappa shape index (κ3) is 4.46. The minimum atomic E-state index is -0.262. The largest absolute Gasteiger partial charge is 0.338 e. The fourth-order valence-corrected chi connectivity index (χ4v) is 2.54. The summed E-state index contributed by atoms with van der Waals surface area (Å²) in [5.74, 6) is -0.122. The molecular weight excluding hydrogens is 279 g/mol. The zero-order valence-electron chi connectivity index (χ0n) is 11.8. The molecular formula is C15H22ClFN2O. The van der Waals surface area contributed by atoms with E-state index in [4.69, 9.17) is 0 Å². The van der Waals surface area contributed by atoms with E-state index in [2.05, 4.69) is 12.2 Å². The summed E-state index contributed by atoms with van der Waals surface area (Å²) in [4.78, 5) is 14.4. The second-order valence-electron chi connectivity index (χ2n) is 5.04. The molecule has 1 atom stereocenters. The highest BCUT2D eigenvalue weighted by Crippen LogP contribution is 2.12. The predicted octanol–water partition coefficient (Wildman–Crippen LogP) is 2.39. The van der Waals surface area contributed by atoms with Crippen molar-refractivity contribution in [3.8, 4) is 0 Å². The fraction of sp³-hybridized carbons (Fsp3) is 0.533. The lowest BCUT2D eigenvalue weighted by Crippen LogP contribution is -2.42. The number of halogens is 2. The Hall–Kier alpha value is -1.13. The van der Waals surface area contributed by atoms with Crippen LogP contribution in [0.5, 0.6) is 0 Å². The first-order chi connectivity index (χ1) is 9.20. The van der Waals surface area contributed by atoms with Crippen LogP contribution in [0.2, 0.25) is 0 Å². The summed E-state index contributed by atoms with van der Waals surface area (Å²) < 4.78 is 12.8. The van der Waals surface area contributed by atoms with E-state index >= 15 is 0 Å². The number of nitrogens with zero attached hydrogens (tertiary/aromatic N) is 1. The Morgan fingerprint density at radius 2 is 2.10 bits per heavy atom. The predicted molar refractivity (Wildman–Crippen MR) is 80.6 cm³/mol. The monoisotopic (exact) mass is 300 g/mol. The minimum Gasteiger partial charge on any atom is -0.338 e. The summed E-state index contributed by atoms with van der Waals surface area (Å²) in [6.07, 6.45) is 2.34. The van der Waals surface area contributed by atoms with Gasteiger partial charge in [0.2, 0.25) is 5.91 Å². The van der Waals surface area contributed by atoms with Crippen molar-refractivity contribution >= 4 is 18.3 Å². The molecule has 0 bridgehead atoms. The zero-order chi connectivity index (χ0) is 13.7. The van der Waals surface area contributed by atoms with Crippen LogP contribution in [0.15, 0.2) is 24.3 Å². The van der Waals surface area contributed by atoms with Gasteiger partial charge in [0.25, 0.3) is 0 Å². The van der Waals surface area contributed by atoms with Crippen LogP contribution in [0.3, 0.4) is 0 Å². The Balaban J connectivity index is 0.00000200. The number of rotatable bonds is 5. The van der Waals surface area contributed by atoms with Crippen LogP contribution in [0, 0.1) is 5.82 Å². The third-order valence-corrected chi connectivity index (χ3v) is 3.53. The van der Waals surface area contributed by atoms with E-state index in [1.165, 1.54) is 12.1 Å². The van der Waals surface area contributed by atoms with Crippen LogP contribution in [-0.4, -0.2) is 36.5 Å². The molecule has 20 heavy (non-hydrogen) atoms. The van der Waals surface area contributed by atoms with Crippen molar-refractivity contribution in [2.24, 2.45) is 0 Å². The smallest absolute Gasteiger partial charge is 0.227 e. The highest BCUT2D eigenvalue weighted by molar-refractivity contribution is 5.85. The van der Waals surface area contributed by atoms with Gasteiger partial charge < -0.3 is 10.2 Å². The Kier molecular flexibility index (Phi) is 6.96. The summed E-state index contributed by atoms with van der Waals surface area (Å²) >= 11 is 0. The summed E-state index contributed by atoms with van der Waals surface area (Å²) in [7, 11) is 0. The lowest BCUT2D eigenvalue weighted by atomic mass is 10.1. The molecule has 5 heteroatoms. The van der Waals surface area contributed by atoms with Crippen molar-refractivity contribution in [1.82, 2.24) is 10.2 Å². The average molecular weight is 301 g/mol. The normalized spacial score (nSPS) is 17.6. The van der Waals surface area contributed by atoms with Gasteiger partial charge in [-0.25, -0.2) is 4.39 Å². The molecule has 1 aromatic rings. The first-order valence-electron chi connectivity index (χ1n) is 6.95. The number of carbonyl (C=O) groups is 1. The summed E-state index contributed by atoms with van der Waals surface area (Å²) in [6, 6.07) is 6.50. The molecule has 3 nitrogen and oxygen atoms in total. The molecule has 2 rings (SSSR count). The van der Waals surface area contributed by atoms with Crippen LogP contribution in [0.1, 0.15) is 25.3 Å². The molecule has 0 saturated carbocycles. The molecule has 1 aromatic carbocycles. The molecule has 1 aliphatic rings. The SMILES string of the molecule is CCCN(C(=O)Cc1ccc(F)cc1)C1CCNC1.Cl. The highest BCUT2D eigenvalue weighted by atomic mass is 35.5. The lowest BCUT2D eigenvalue weighted by molar-refractivity contribution is -0.132. The van der Waals surface area contributed by atoms with Crippen molar-refractivity contribution in [2.45, 2.75) is 32.2 Å². The number of amides is 1. The summed E-state index contributed by atoms with van der Waals surface area (Å²) in [5, 5.41) is 3.29. The summed E-state index contributed by atoms with van der Waals surface area (Å²) in [5.41, 5.74) is 0.874. The van der Waals surface area contributed by atoms with Gasteiger partial charge in [-0.05, 0) is 37.1 Å². The van der Waals surface area contributed by atoms with Crippen LogP contribution in [-0.2, 0) is 11.2 Å². The minimum absolute atomic E-state index is 0. The summed E-state index contributed by atoms with van der Waals surface area (Å²) in [6.45, 7) is 4.75. The van der Waals surface area contributed by atoms with Crippen LogP contribution in [0.4, 0.5) is 4.39 Å². The van der Waals surface area contributed by atoms with Crippen LogP contribution in [0.25, 0.3) is 0 Å². The Morgan fingerprint density at radius 1 is 1.40 bits per heavy atom. The van der Waals surface area contributed by atoms with E-state index in [9.17, 15) is 9.18 Å². The molecule has 1 amide bonds. The van der Waals surface area contributed by atoms with E-state index in [0.29, 0.717) is 12.5 Å². The molecule has 0 aromatic heterocycles. The van der Waals surface area contributed by atoms with Gasteiger partial charge in [0.1, 0.15) is 5.82 Å². The average Bonchev–Trinajstić information content (AvgIpc) is 2.92. The van der Waals surface area contributed by atoms with Gasteiger partial charge in [-0.15, -0.1) is 12.4 Å². The topological polar surface area (TPSA) is 32.3 Å². The number of nitrogens with one attached hydrogen (secondary N) is 1. The Morgan fingerprint density at radius 3 is 2.65 bits per heavy atom. The molecule has 1 unspecified atom stereocenters. The highest BCUT2D eigenvalue weighted by Gasteiger charge is 2.25. The van der Waals surface area contributed by atoms with E-state index in [0.717, 1.165) is 38.0 Å². The standard InChI is InChI=1S/C15H21FN2O.ClH/c1-2-9-18(14-7-8-17-11-14)15(19)10-12-3-5-13(16)6-4-12;/h3-6,14,17H,2,7-11H2,1H3;1H. The van der Waals surface area contributed by atoms with Gasteiger partial charge in [-0.3, -0.25) is 4.79 Å². The Labute approximate surface area is 125 Å². The first kappa shape index (κ1) is 16.9. The second kappa shape index (κ2) is 8.22. The molecule has 1 saturated heterocycles. The quantitative estimate of drug-likeness (QED) is 0.905. The maximum atomic E-state index is 12.8. The van der Waals surface area contributed by atoms with E-state index in [1.54, 1.807) is 12.1 Å². The number of benzene rings is 1. The molecule has 112 valence electrons. The molecule has 1 aliphatic heterocycles. The first-order valence-corrected chi connectivity index (χ1v) is 6.95. The molecule has 1 fully saturated rings. The van der Waals surface area contributed by atoms with Crippen molar-refractivity contribution in [1.29, 1.82) is 0 Å². The van der Waals surface area contributed by atoms with Gasteiger partial charge in [0.15, 0.2) is 0 Å². The fourth-order valence-electron chi connectivity index (χ4n) is 2.54.